The number of para-hydroxylation sites is 1. The second-order valence-electron chi connectivity index (χ2n) is 4.27. The predicted molar refractivity (Wildman–Crippen MR) is 73.6 cm³/mol. The summed E-state index contributed by atoms with van der Waals surface area (Å²) in [5.41, 5.74) is 1.51. The third-order valence-electron chi connectivity index (χ3n) is 2.94. The van der Waals surface area contributed by atoms with Gasteiger partial charge in [-0.05, 0) is 12.1 Å². The highest BCUT2D eigenvalue weighted by molar-refractivity contribution is 5.91. The lowest BCUT2D eigenvalue weighted by molar-refractivity contribution is -0.613. The Labute approximate surface area is 112 Å². The van der Waals surface area contributed by atoms with E-state index in [1.807, 2.05) is 36.4 Å². The van der Waals surface area contributed by atoms with Crippen LogP contribution in [0.4, 0.5) is 5.69 Å². The first kappa shape index (κ1) is 13.1. The smallest absolute Gasteiger partial charge is 0.223 e. The molecule has 0 radical (unpaired) electrons. The van der Waals surface area contributed by atoms with Crippen LogP contribution in [0.5, 0.6) is 0 Å². The number of nitrogens with zero attached hydrogens (tertiary/aromatic N) is 2. The van der Waals surface area contributed by atoms with Crippen LogP contribution < -0.4 is 9.63 Å². The number of anilines is 1. The summed E-state index contributed by atoms with van der Waals surface area (Å²) < 4.78 is 0.837. The molecule has 1 aromatic carbocycles. The van der Waals surface area contributed by atoms with Crippen LogP contribution in [0.15, 0.2) is 54.7 Å². The van der Waals surface area contributed by atoms with Gasteiger partial charge in [-0.15, -0.1) is 0 Å². The van der Waals surface area contributed by atoms with Crippen LogP contribution in [0, 0.1) is 5.21 Å². The van der Waals surface area contributed by atoms with Crippen LogP contribution in [0.2, 0.25) is 0 Å². The van der Waals surface area contributed by atoms with Gasteiger partial charge >= 0.3 is 0 Å². The Balaban J connectivity index is 2.11. The quantitative estimate of drug-likeness (QED) is 0.619. The van der Waals surface area contributed by atoms with Gasteiger partial charge in [0.1, 0.15) is 0 Å². The lowest BCUT2D eigenvalue weighted by Gasteiger charge is -2.20. The molecule has 4 heteroatoms. The number of hydrogen-bond acceptors (Lipinski definition) is 2. The number of carbonyl (C=O) groups excluding carboxylic acids is 1. The molecule has 0 aliphatic rings. The molecular formula is C15H16N2O2. The lowest BCUT2D eigenvalue weighted by Crippen LogP contribution is -2.36. The first-order chi connectivity index (χ1) is 9.18. The SMILES string of the molecule is CC(=O)N(CCc1cccc[n+]1[O-])c1ccccc1. The molecule has 2 rings (SSSR count). The van der Waals surface area contributed by atoms with Gasteiger partial charge in [0.05, 0.1) is 6.42 Å². The largest absolute Gasteiger partial charge is 0.619 e. The molecule has 0 unspecified atom stereocenters. The lowest BCUT2D eigenvalue weighted by atomic mass is 10.2. The van der Waals surface area contributed by atoms with Crippen molar-refractivity contribution in [2.75, 3.05) is 11.4 Å². The van der Waals surface area contributed by atoms with Crippen molar-refractivity contribution >= 4 is 11.6 Å². The van der Waals surface area contributed by atoms with E-state index in [0.29, 0.717) is 18.7 Å². The molecule has 0 saturated carbocycles. The van der Waals surface area contributed by atoms with Crippen LogP contribution in [0.25, 0.3) is 0 Å². The van der Waals surface area contributed by atoms with Crippen molar-refractivity contribution in [3.8, 4) is 0 Å². The average Bonchev–Trinajstić information content (AvgIpc) is 2.42. The van der Waals surface area contributed by atoms with Crippen molar-refractivity contribution in [2.24, 2.45) is 0 Å². The molecular weight excluding hydrogens is 240 g/mol. The summed E-state index contributed by atoms with van der Waals surface area (Å²) in [4.78, 5) is 13.4. The Kier molecular flexibility index (Phi) is 4.13. The number of benzene rings is 1. The summed E-state index contributed by atoms with van der Waals surface area (Å²) >= 11 is 0. The van der Waals surface area contributed by atoms with E-state index in [-0.39, 0.29) is 5.91 Å². The Morgan fingerprint density at radius 3 is 2.47 bits per heavy atom. The van der Waals surface area contributed by atoms with E-state index in [9.17, 15) is 10.0 Å². The molecule has 0 N–H and O–H groups in total. The highest BCUT2D eigenvalue weighted by Crippen LogP contribution is 2.13. The zero-order chi connectivity index (χ0) is 13.7. The number of amides is 1. The van der Waals surface area contributed by atoms with Crippen molar-refractivity contribution in [1.82, 2.24) is 0 Å². The summed E-state index contributed by atoms with van der Waals surface area (Å²) in [6.45, 7) is 2.02. The van der Waals surface area contributed by atoms with Gasteiger partial charge in [0.2, 0.25) is 5.91 Å². The van der Waals surface area contributed by atoms with Crippen LogP contribution in [-0.2, 0) is 11.2 Å². The van der Waals surface area contributed by atoms with E-state index in [0.717, 1.165) is 10.4 Å². The minimum Gasteiger partial charge on any atom is -0.619 e. The van der Waals surface area contributed by atoms with Crippen LogP contribution >= 0.6 is 0 Å². The molecule has 0 aliphatic carbocycles. The fraction of sp³-hybridized carbons (Fsp3) is 0.200. The normalized spacial score (nSPS) is 10.2. The highest BCUT2D eigenvalue weighted by atomic mass is 16.5. The maximum atomic E-state index is 11.7. The first-order valence-corrected chi connectivity index (χ1v) is 6.18. The summed E-state index contributed by atoms with van der Waals surface area (Å²) in [6.07, 6.45) is 1.99. The fourth-order valence-electron chi connectivity index (χ4n) is 1.96. The minimum absolute atomic E-state index is 0.0282. The first-order valence-electron chi connectivity index (χ1n) is 6.18. The predicted octanol–water partition coefficient (Wildman–Crippen LogP) is 1.92. The number of carbonyl (C=O) groups is 1. The second kappa shape index (κ2) is 6.00. The maximum Gasteiger partial charge on any atom is 0.223 e. The third-order valence-corrected chi connectivity index (χ3v) is 2.94. The molecule has 98 valence electrons. The fourth-order valence-corrected chi connectivity index (χ4v) is 1.96. The summed E-state index contributed by atoms with van der Waals surface area (Å²) in [7, 11) is 0. The molecule has 0 bridgehead atoms. The van der Waals surface area contributed by atoms with Gasteiger partial charge in [-0.3, -0.25) is 4.79 Å². The maximum absolute atomic E-state index is 11.7. The van der Waals surface area contributed by atoms with Gasteiger partial charge in [0, 0.05) is 31.3 Å². The average molecular weight is 256 g/mol. The molecule has 1 amide bonds. The molecule has 1 heterocycles. The van der Waals surface area contributed by atoms with Gasteiger partial charge in [-0.1, -0.05) is 24.3 Å². The van der Waals surface area contributed by atoms with E-state index in [1.165, 1.54) is 13.1 Å². The van der Waals surface area contributed by atoms with Crippen molar-refractivity contribution in [2.45, 2.75) is 13.3 Å². The number of hydrogen-bond donors (Lipinski definition) is 0. The van der Waals surface area contributed by atoms with Crippen LogP contribution in [0.1, 0.15) is 12.6 Å². The number of aromatic nitrogens is 1. The van der Waals surface area contributed by atoms with Gasteiger partial charge in [0.15, 0.2) is 11.9 Å². The molecule has 0 spiro atoms. The van der Waals surface area contributed by atoms with E-state index in [1.54, 1.807) is 17.0 Å². The zero-order valence-electron chi connectivity index (χ0n) is 10.8. The summed E-state index contributed by atoms with van der Waals surface area (Å²) in [6, 6.07) is 14.8. The standard InChI is InChI=1S/C15H16N2O2/c1-13(18)16(14-7-3-2-4-8-14)12-10-15-9-5-6-11-17(15)19/h2-9,11H,10,12H2,1H3. The van der Waals surface area contributed by atoms with E-state index < -0.39 is 0 Å². The van der Waals surface area contributed by atoms with Crippen LogP contribution in [0.3, 0.4) is 0 Å². The molecule has 1 aromatic heterocycles. The zero-order valence-corrected chi connectivity index (χ0v) is 10.8. The highest BCUT2D eigenvalue weighted by Gasteiger charge is 2.13. The van der Waals surface area contributed by atoms with Crippen molar-refractivity contribution in [1.29, 1.82) is 0 Å². The van der Waals surface area contributed by atoms with Crippen molar-refractivity contribution in [3.05, 3.63) is 65.6 Å². The summed E-state index contributed by atoms with van der Waals surface area (Å²) in [5, 5.41) is 11.6. The molecule has 2 aromatic rings. The summed E-state index contributed by atoms with van der Waals surface area (Å²) in [5.74, 6) is -0.0282. The van der Waals surface area contributed by atoms with Crippen molar-refractivity contribution in [3.63, 3.8) is 0 Å². The molecule has 0 atom stereocenters. The molecule has 0 aliphatic heterocycles. The molecule has 0 fully saturated rings. The Morgan fingerprint density at radius 2 is 1.84 bits per heavy atom. The van der Waals surface area contributed by atoms with Gasteiger partial charge in [-0.2, -0.15) is 4.73 Å². The monoisotopic (exact) mass is 256 g/mol. The molecule has 4 nitrogen and oxygen atoms in total. The van der Waals surface area contributed by atoms with E-state index >= 15 is 0 Å². The molecule has 0 saturated heterocycles. The van der Waals surface area contributed by atoms with Crippen LogP contribution in [-0.4, -0.2) is 12.5 Å². The Bertz CT molecular complexity index is 555. The molecule has 19 heavy (non-hydrogen) atoms. The van der Waals surface area contributed by atoms with Gasteiger partial charge in [0.25, 0.3) is 0 Å². The number of pyridine rings is 1. The van der Waals surface area contributed by atoms with Crippen molar-refractivity contribution < 1.29 is 9.52 Å². The van der Waals surface area contributed by atoms with E-state index in [4.69, 9.17) is 0 Å². The van der Waals surface area contributed by atoms with E-state index in [2.05, 4.69) is 0 Å². The van der Waals surface area contributed by atoms with Gasteiger partial charge in [-0.25, -0.2) is 0 Å². The minimum atomic E-state index is -0.0282. The second-order valence-corrected chi connectivity index (χ2v) is 4.27. The topological polar surface area (TPSA) is 47.2 Å². The third kappa shape index (κ3) is 3.31. The Morgan fingerprint density at radius 1 is 1.16 bits per heavy atom. The van der Waals surface area contributed by atoms with Gasteiger partial charge < -0.3 is 10.1 Å². The number of rotatable bonds is 4. The Hall–Kier alpha value is -2.36.